The van der Waals surface area contributed by atoms with Crippen molar-refractivity contribution in [2.75, 3.05) is 6.61 Å². The fourth-order valence-electron chi connectivity index (χ4n) is 1.25. The van der Waals surface area contributed by atoms with Crippen molar-refractivity contribution in [3.63, 3.8) is 0 Å². The van der Waals surface area contributed by atoms with Crippen molar-refractivity contribution in [1.82, 2.24) is 0 Å². The molecule has 2 fully saturated rings. The summed E-state index contributed by atoms with van der Waals surface area (Å²) in [6.07, 6.45) is 1.20. The van der Waals surface area contributed by atoms with E-state index in [0.29, 0.717) is 5.92 Å². The lowest BCUT2D eigenvalue weighted by Crippen LogP contribution is -2.03. The van der Waals surface area contributed by atoms with Crippen molar-refractivity contribution in [3.05, 3.63) is 0 Å². The van der Waals surface area contributed by atoms with Crippen LogP contribution in [-0.4, -0.2) is 17.0 Å². The smallest absolute Gasteiger partial charge is 0.150 e. The molecule has 1 aliphatic heterocycles. The molecular weight excluding hydrogens is 147 g/mol. The van der Waals surface area contributed by atoms with Gasteiger partial charge in [0.2, 0.25) is 0 Å². The number of alkyl halides is 2. The predicted octanol–water partition coefficient (Wildman–Crippen LogP) is 1.58. The van der Waals surface area contributed by atoms with Crippen LogP contribution < -0.4 is 0 Å². The van der Waals surface area contributed by atoms with Gasteiger partial charge in [0.25, 0.3) is 0 Å². The third-order valence-corrected chi connectivity index (χ3v) is 2.85. The SMILES string of the molecule is ClC1(Cl)C2CCOC21. The Labute approximate surface area is 57.9 Å². The predicted molar refractivity (Wildman–Crippen MR) is 32.3 cm³/mol. The van der Waals surface area contributed by atoms with Crippen molar-refractivity contribution in [2.45, 2.75) is 16.9 Å². The Kier molecular flexibility index (Phi) is 0.891. The van der Waals surface area contributed by atoms with E-state index in [1.54, 1.807) is 0 Å². The fraction of sp³-hybridized carbons (Fsp3) is 1.00. The number of hydrogen-bond donors (Lipinski definition) is 0. The Morgan fingerprint density at radius 1 is 1.50 bits per heavy atom. The highest BCUT2D eigenvalue weighted by molar-refractivity contribution is 6.51. The lowest BCUT2D eigenvalue weighted by molar-refractivity contribution is 0.153. The van der Waals surface area contributed by atoms with Gasteiger partial charge in [0.1, 0.15) is 4.33 Å². The standard InChI is InChI=1S/C5H6Cl2O/c6-5(7)3-1-2-8-4(3)5/h3-4H,1-2H2. The summed E-state index contributed by atoms with van der Waals surface area (Å²) in [6, 6.07) is 0. The van der Waals surface area contributed by atoms with Gasteiger partial charge in [0, 0.05) is 12.5 Å². The third-order valence-electron chi connectivity index (χ3n) is 1.86. The Morgan fingerprint density at radius 2 is 2.25 bits per heavy atom. The lowest BCUT2D eigenvalue weighted by Gasteiger charge is -2.00. The number of halogens is 2. The molecule has 0 N–H and O–H groups in total. The number of fused-ring (bicyclic) bond motifs is 1. The van der Waals surface area contributed by atoms with E-state index < -0.39 is 4.33 Å². The molecule has 0 radical (unpaired) electrons. The number of ether oxygens (including phenoxy) is 1. The summed E-state index contributed by atoms with van der Waals surface area (Å²) in [7, 11) is 0. The molecule has 2 unspecified atom stereocenters. The van der Waals surface area contributed by atoms with Gasteiger partial charge < -0.3 is 4.74 Å². The zero-order valence-corrected chi connectivity index (χ0v) is 5.74. The third kappa shape index (κ3) is 0.476. The second kappa shape index (κ2) is 1.34. The van der Waals surface area contributed by atoms with Gasteiger partial charge in [-0.05, 0) is 6.42 Å². The molecule has 0 amide bonds. The molecule has 1 saturated heterocycles. The molecule has 0 bridgehead atoms. The first-order valence-corrected chi connectivity index (χ1v) is 3.48. The highest BCUT2D eigenvalue weighted by Crippen LogP contribution is 2.60. The average molecular weight is 153 g/mol. The van der Waals surface area contributed by atoms with E-state index in [0.717, 1.165) is 13.0 Å². The van der Waals surface area contributed by atoms with Crippen LogP contribution in [-0.2, 0) is 4.74 Å². The summed E-state index contributed by atoms with van der Waals surface area (Å²) < 4.78 is 4.66. The van der Waals surface area contributed by atoms with Crippen LogP contribution in [0.25, 0.3) is 0 Å². The summed E-state index contributed by atoms with van der Waals surface area (Å²) in [5, 5.41) is 0. The van der Waals surface area contributed by atoms with Crippen LogP contribution in [0.2, 0.25) is 0 Å². The zero-order valence-electron chi connectivity index (χ0n) is 4.23. The van der Waals surface area contributed by atoms with Gasteiger partial charge >= 0.3 is 0 Å². The molecule has 0 aromatic heterocycles. The molecule has 8 heavy (non-hydrogen) atoms. The van der Waals surface area contributed by atoms with Gasteiger partial charge in [0.05, 0.1) is 6.10 Å². The van der Waals surface area contributed by atoms with Crippen LogP contribution in [0.4, 0.5) is 0 Å². The van der Waals surface area contributed by atoms with Gasteiger partial charge in [-0.1, -0.05) is 23.2 Å². The van der Waals surface area contributed by atoms with Crippen molar-refractivity contribution < 1.29 is 4.74 Å². The summed E-state index contributed by atoms with van der Waals surface area (Å²) in [4.78, 5) is 0. The van der Waals surface area contributed by atoms with Crippen LogP contribution in [0.15, 0.2) is 0 Å². The zero-order chi connectivity index (χ0) is 5.78. The molecule has 1 heterocycles. The van der Waals surface area contributed by atoms with Crippen LogP contribution in [0.5, 0.6) is 0 Å². The minimum atomic E-state index is -0.516. The van der Waals surface area contributed by atoms with E-state index in [1.165, 1.54) is 0 Å². The molecule has 1 saturated carbocycles. The monoisotopic (exact) mass is 152 g/mol. The van der Waals surface area contributed by atoms with Gasteiger partial charge in [-0.3, -0.25) is 0 Å². The van der Waals surface area contributed by atoms with Gasteiger partial charge in [-0.15, -0.1) is 0 Å². The van der Waals surface area contributed by atoms with E-state index in [-0.39, 0.29) is 6.10 Å². The molecule has 1 nitrogen and oxygen atoms in total. The first kappa shape index (κ1) is 5.33. The molecule has 1 aliphatic carbocycles. The second-order valence-corrected chi connectivity index (χ2v) is 3.81. The lowest BCUT2D eigenvalue weighted by atomic mass is 10.3. The van der Waals surface area contributed by atoms with Gasteiger partial charge in [-0.2, -0.15) is 0 Å². The molecule has 3 heteroatoms. The molecular formula is C5H6Cl2O. The van der Waals surface area contributed by atoms with Gasteiger partial charge in [0.15, 0.2) is 0 Å². The quantitative estimate of drug-likeness (QED) is 0.480. The Balaban J connectivity index is 2.13. The Hall–Kier alpha value is 0.540. The minimum absolute atomic E-state index is 0.158. The van der Waals surface area contributed by atoms with Crippen molar-refractivity contribution >= 4 is 23.2 Å². The topological polar surface area (TPSA) is 9.23 Å². The highest BCUT2D eigenvalue weighted by atomic mass is 35.5. The van der Waals surface area contributed by atoms with Crippen LogP contribution in [0, 0.1) is 5.92 Å². The van der Waals surface area contributed by atoms with Crippen molar-refractivity contribution in [2.24, 2.45) is 5.92 Å². The molecule has 0 aromatic rings. The number of rotatable bonds is 0. The van der Waals surface area contributed by atoms with Crippen molar-refractivity contribution in [1.29, 1.82) is 0 Å². The summed E-state index contributed by atoms with van der Waals surface area (Å²) in [6.45, 7) is 0.844. The Morgan fingerprint density at radius 3 is 2.50 bits per heavy atom. The van der Waals surface area contributed by atoms with Crippen LogP contribution in [0.1, 0.15) is 6.42 Å². The van der Waals surface area contributed by atoms with Crippen LogP contribution in [0.3, 0.4) is 0 Å². The largest absolute Gasteiger partial charge is 0.375 e. The molecule has 2 rings (SSSR count). The van der Waals surface area contributed by atoms with E-state index in [2.05, 4.69) is 0 Å². The fourth-order valence-corrected chi connectivity index (χ4v) is 2.00. The normalized spacial score (nSPS) is 48.8. The van der Waals surface area contributed by atoms with E-state index in [4.69, 9.17) is 27.9 Å². The maximum Gasteiger partial charge on any atom is 0.150 e. The minimum Gasteiger partial charge on any atom is -0.375 e. The molecule has 0 aromatic carbocycles. The first-order valence-electron chi connectivity index (χ1n) is 2.72. The average Bonchev–Trinajstić information content (AvgIpc) is 2.22. The van der Waals surface area contributed by atoms with Gasteiger partial charge in [-0.25, -0.2) is 0 Å². The molecule has 46 valence electrons. The van der Waals surface area contributed by atoms with E-state index in [9.17, 15) is 0 Å². The molecule has 2 aliphatic rings. The summed E-state index contributed by atoms with van der Waals surface area (Å²) in [5.41, 5.74) is 0. The van der Waals surface area contributed by atoms with E-state index in [1.807, 2.05) is 0 Å². The van der Waals surface area contributed by atoms with Crippen molar-refractivity contribution in [3.8, 4) is 0 Å². The number of hydrogen-bond acceptors (Lipinski definition) is 1. The maximum absolute atomic E-state index is 5.75. The highest BCUT2D eigenvalue weighted by Gasteiger charge is 2.66. The maximum atomic E-state index is 5.75. The first-order chi connectivity index (χ1) is 3.73. The summed E-state index contributed by atoms with van der Waals surface area (Å²) in [5.74, 6) is 0.436. The Bertz CT molecular complexity index is 112. The summed E-state index contributed by atoms with van der Waals surface area (Å²) >= 11 is 11.5. The second-order valence-electron chi connectivity index (χ2n) is 2.36. The molecule has 0 spiro atoms. The van der Waals surface area contributed by atoms with Crippen LogP contribution >= 0.6 is 23.2 Å². The van der Waals surface area contributed by atoms with E-state index >= 15 is 0 Å². The molecule has 2 atom stereocenters.